The van der Waals surface area contributed by atoms with Crippen LogP contribution in [0.25, 0.3) is 0 Å². The monoisotopic (exact) mass is 288 g/mol. The van der Waals surface area contributed by atoms with E-state index < -0.39 is 17.8 Å². The zero-order valence-electron chi connectivity index (χ0n) is 12.5. The van der Waals surface area contributed by atoms with Gasteiger partial charge in [-0.1, -0.05) is 25.1 Å². The van der Waals surface area contributed by atoms with Crippen LogP contribution in [0, 0.1) is 0 Å². The van der Waals surface area contributed by atoms with E-state index >= 15 is 0 Å². The van der Waals surface area contributed by atoms with Crippen molar-refractivity contribution in [1.82, 2.24) is 4.90 Å². The van der Waals surface area contributed by atoms with Crippen molar-refractivity contribution in [3.05, 3.63) is 35.4 Å². The first kappa shape index (κ1) is 17.0. The third kappa shape index (κ3) is 3.73. The zero-order chi connectivity index (χ0) is 15.6. The molecule has 0 bridgehead atoms. The van der Waals surface area contributed by atoms with Crippen LogP contribution in [-0.4, -0.2) is 23.5 Å². The molecule has 20 heavy (non-hydrogen) atoms. The average molecular weight is 288 g/mol. The van der Waals surface area contributed by atoms with Crippen molar-refractivity contribution in [2.24, 2.45) is 5.73 Å². The lowest BCUT2D eigenvalue weighted by Crippen LogP contribution is -2.46. The maximum atomic E-state index is 13.1. The Kier molecular flexibility index (Phi) is 5.21. The second kappa shape index (κ2) is 6.14. The highest BCUT2D eigenvalue weighted by Gasteiger charge is 2.37. The molecule has 1 aromatic carbocycles. The maximum absolute atomic E-state index is 13.1. The summed E-state index contributed by atoms with van der Waals surface area (Å²) in [6.07, 6.45) is -4.36. The smallest absolute Gasteiger partial charge is 0.329 e. The molecule has 0 aliphatic carbocycles. The Balaban J connectivity index is 3.33. The Morgan fingerprint density at radius 3 is 2.10 bits per heavy atom. The molecule has 0 saturated carbocycles. The van der Waals surface area contributed by atoms with E-state index in [9.17, 15) is 13.2 Å². The van der Waals surface area contributed by atoms with Crippen molar-refractivity contribution in [2.75, 3.05) is 13.1 Å². The molecule has 1 atom stereocenters. The predicted octanol–water partition coefficient (Wildman–Crippen LogP) is 3.83. The van der Waals surface area contributed by atoms with E-state index in [1.165, 1.54) is 12.1 Å². The summed E-state index contributed by atoms with van der Waals surface area (Å²) in [5.41, 5.74) is 5.18. The molecule has 5 heteroatoms. The van der Waals surface area contributed by atoms with E-state index in [0.29, 0.717) is 6.54 Å². The van der Waals surface area contributed by atoms with Crippen molar-refractivity contribution < 1.29 is 13.2 Å². The first-order valence-electron chi connectivity index (χ1n) is 6.75. The molecule has 2 N–H and O–H groups in total. The zero-order valence-corrected chi connectivity index (χ0v) is 12.5. The van der Waals surface area contributed by atoms with Gasteiger partial charge in [-0.3, -0.25) is 4.90 Å². The number of rotatable bonds is 4. The number of alkyl halides is 3. The van der Waals surface area contributed by atoms with E-state index in [2.05, 4.69) is 0 Å². The molecule has 0 radical (unpaired) electrons. The fraction of sp³-hybridized carbons (Fsp3) is 0.600. The summed E-state index contributed by atoms with van der Waals surface area (Å²) in [6, 6.07) is 5.23. The molecule has 1 aromatic rings. The van der Waals surface area contributed by atoms with Crippen LogP contribution in [-0.2, 0) is 6.18 Å². The Morgan fingerprint density at radius 2 is 1.70 bits per heavy atom. The van der Waals surface area contributed by atoms with Gasteiger partial charge in [-0.2, -0.15) is 13.2 Å². The molecule has 1 rings (SSSR count). The molecule has 0 aliphatic rings. The van der Waals surface area contributed by atoms with Crippen molar-refractivity contribution in [2.45, 2.75) is 45.5 Å². The molecule has 0 spiro atoms. The molecule has 0 saturated heterocycles. The standard InChI is InChI=1S/C15H23F3N2/c1-5-20(14(2,3)4)13(10-19)11-8-6-7-9-12(11)15(16,17)18/h6-9,13H,5,10,19H2,1-4H3. The van der Waals surface area contributed by atoms with E-state index in [1.54, 1.807) is 6.07 Å². The van der Waals surface area contributed by atoms with Crippen molar-refractivity contribution in [3.63, 3.8) is 0 Å². The molecular formula is C15H23F3N2. The van der Waals surface area contributed by atoms with Gasteiger partial charge in [0.15, 0.2) is 0 Å². The molecular weight excluding hydrogens is 265 g/mol. The summed E-state index contributed by atoms with van der Waals surface area (Å²) >= 11 is 0. The topological polar surface area (TPSA) is 29.3 Å². The third-order valence-corrected chi connectivity index (χ3v) is 3.43. The summed E-state index contributed by atoms with van der Waals surface area (Å²) in [7, 11) is 0. The van der Waals surface area contributed by atoms with Gasteiger partial charge in [0.1, 0.15) is 0 Å². The van der Waals surface area contributed by atoms with E-state index in [1.807, 2.05) is 32.6 Å². The summed E-state index contributed by atoms with van der Waals surface area (Å²) in [6.45, 7) is 8.67. The fourth-order valence-corrected chi connectivity index (χ4v) is 2.63. The van der Waals surface area contributed by atoms with E-state index in [0.717, 1.165) is 6.07 Å². The number of hydrogen-bond donors (Lipinski definition) is 1. The Hall–Kier alpha value is -1.07. The highest BCUT2D eigenvalue weighted by molar-refractivity contribution is 5.33. The number of likely N-dealkylation sites (N-methyl/N-ethyl adjacent to an activating group) is 1. The van der Waals surface area contributed by atoms with Gasteiger partial charge in [0.05, 0.1) is 5.56 Å². The van der Waals surface area contributed by atoms with Gasteiger partial charge >= 0.3 is 6.18 Å². The molecule has 0 amide bonds. The molecule has 114 valence electrons. The van der Waals surface area contributed by atoms with Crippen LogP contribution in [0.1, 0.15) is 44.9 Å². The maximum Gasteiger partial charge on any atom is 0.416 e. The molecule has 0 aromatic heterocycles. The molecule has 2 nitrogen and oxygen atoms in total. The Bertz CT molecular complexity index is 435. The van der Waals surface area contributed by atoms with Gasteiger partial charge < -0.3 is 5.73 Å². The lowest BCUT2D eigenvalue weighted by molar-refractivity contribution is -0.139. The molecule has 0 fully saturated rings. The van der Waals surface area contributed by atoms with Gasteiger partial charge in [-0.05, 0) is 38.9 Å². The van der Waals surface area contributed by atoms with Crippen LogP contribution in [0.2, 0.25) is 0 Å². The minimum atomic E-state index is -4.36. The van der Waals surface area contributed by atoms with E-state index in [4.69, 9.17) is 5.73 Å². The van der Waals surface area contributed by atoms with Gasteiger partial charge in [0.25, 0.3) is 0 Å². The average Bonchev–Trinajstić information content (AvgIpc) is 2.33. The number of nitrogens with zero attached hydrogens (tertiary/aromatic N) is 1. The second-order valence-corrected chi connectivity index (χ2v) is 5.79. The van der Waals surface area contributed by atoms with Crippen molar-refractivity contribution >= 4 is 0 Å². The molecule has 1 unspecified atom stereocenters. The Labute approximate surface area is 118 Å². The summed E-state index contributed by atoms with van der Waals surface area (Å²) < 4.78 is 39.4. The first-order chi connectivity index (χ1) is 9.12. The quantitative estimate of drug-likeness (QED) is 0.912. The Morgan fingerprint density at radius 1 is 1.15 bits per heavy atom. The molecule has 0 heterocycles. The minimum Gasteiger partial charge on any atom is -0.329 e. The van der Waals surface area contributed by atoms with Gasteiger partial charge in [-0.25, -0.2) is 0 Å². The van der Waals surface area contributed by atoms with E-state index in [-0.39, 0.29) is 17.6 Å². The molecule has 0 aliphatic heterocycles. The van der Waals surface area contributed by atoms with Gasteiger partial charge in [0, 0.05) is 18.1 Å². The number of hydrogen-bond acceptors (Lipinski definition) is 2. The van der Waals surface area contributed by atoms with Crippen LogP contribution in [0.15, 0.2) is 24.3 Å². The van der Waals surface area contributed by atoms with Crippen molar-refractivity contribution in [1.29, 1.82) is 0 Å². The van der Waals surface area contributed by atoms with Crippen LogP contribution >= 0.6 is 0 Å². The summed E-state index contributed by atoms with van der Waals surface area (Å²) in [4.78, 5) is 2.00. The highest BCUT2D eigenvalue weighted by atomic mass is 19.4. The summed E-state index contributed by atoms with van der Waals surface area (Å²) in [5.74, 6) is 0. The minimum absolute atomic E-state index is 0.151. The lowest BCUT2D eigenvalue weighted by Gasteiger charge is -2.41. The number of nitrogens with two attached hydrogens (primary N) is 1. The SMILES string of the molecule is CCN(C(CN)c1ccccc1C(F)(F)F)C(C)(C)C. The van der Waals surface area contributed by atoms with Crippen LogP contribution in [0.5, 0.6) is 0 Å². The lowest BCUT2D eigenvalue weighted by atomic mass is 9.94. The van der Waals surface area contributed by atoms with Crippen LogP contribution < -0.4 is 5.73 Å². The largest absolute Gasteiger partial charge is 0.416 e. The van der Waals surface area contributed by atoms with Crippen LogP contribution in [0.4, 0.5) is 13.2 Å². The summed E-state index contributed by atoms with van der Waals surface area (Å²) in [5, 5.41) is 0. The van der Waals surface area contributed by atoms with Crippen molar-refractivity contribution in [3.8, 4) is 0 Å². The third-order valence-electron chi connectivity index (χ3n) is 3.43. The first-order valence-corrected chi connectivity index (χ1v) is 6.75. The fourth-order valence-electron chi connectivity index (χ4n) is 2.63. The predicted molar refractivity (Wildman–Crippen MR) is 75.4 cm³/mol. The number of benzene rings is 1. The normalized spacial score (nSPS) is 14.7. The van der Waals surface area contributed by atoms with Crippen LogP contribution in [0.3, 0.4) is 0 Å². The van der Waals surface area contributed by atoms with Gasteiger partial charge in [0.2, 0.25) is 0 Å². The second-order valence-electron chi connectivity index (χ2n) is 5.79. The highest BCUT2D eigenvalue weighted by Crippen LogP contribution is 2.37. The number of halogens is 3. The van der Waals surface area contributed by atoms with Gasteiger partial charge in [-0.15, -0.1) is 0 Å².